The average Bonchev–Trinajstić information content (AvgIpc) is 2.83. The van der Waals surface area contributed by atoms with Crippen molar-refractivity contribution in [3.8, 4) is 0 Å². The molecule has 0 spiro atoms. The van der Waals surface area contributed by atoms with E-state index in [1.165, 1.54) is 43.5 Å². The van der Waals surface area contributed by atoms with Crippen LogP contribution in [0.4, 0.5) is 4.39 Å². The molecule has 142 valence electrons. The number of piperidine rings is 1. The van der Waals surface area contributed by atoms with E-state index in [4.69, 9.17) is 0 Å². The van der Waals surface area contributed by atoms with Gasteiger partial charge in [0, 0.05) is 24.7 Å². The Morgan fingerprint density at radius 2 is 2.00 bits per heavy atom. The van der Waals surface area contributed by atoms with Gasteiger partial charge in [-0.3, -0.25) is 9.71 Å². The number of nitrogens with zero attached hydrogens (tertiary/aromatic N) is 2. The lowest BCUT2D eigenvalue weighted by Gasteiger charge is -2.33. The number of hydrogen-bond acceptors (Lipinski definition) is 4. The quantitative estimate of drug-likeness (QED) is 0.800. The maximum absolute atomic E-state index is 13.1. The molecule has 1 N–H and O–H groups in total. The number of nitrogens with one attached hydrogen (secondary N) is 1. The lowest BCUT2D eigenvalue weighted by atomic mass is 10.0. The molecule has 1 atom stereocenters. The zero-order valence-corrected chi connectivity index (χ0v) is 16.2. The molecule has 26 heavy (non-hydrogen) atoms. The molecule has 3 rings (SSSR count). The zero-order valence-electron chi connectivity index (χ0n) is 15.3. The van der Waals surface area contributed by atoms with Crippen LogP contribution in [0.1, 0.15) is 45.1 Å². The highest BCUT2D eigenvalue weighted by molar-refractivity contribution is 8.00. The number of hydrogen-bond donors (Lipinski definition) is 1. The van der Waals surface area contributed by atoms with Crippen LogP contribution in [0, 0.1) is 5.82 Å². The SMILES string of the molecule is CC1=C(c2ccc(F)cc2)S(=O)(=O)NC1=NCCCN1CCCCC1C. The Kier molecular flexibility index (Phi) is 5.77. The van der Waals surface area contributed by atoms with Crippen LogP contribution in [0.25, 0.3) is 4.91 Å². The maximum atomic E-state index is 13.1. The molecule has 0 aliphatic carbocycles. The smallest absolute Gasteiger partial charge is 0.264 e. The molecule has 1 fully saturated rings. The van der Waals surface area contributed by atoms with Gasteiger partial charge in [-0.05, 0) is 57.4 Å². The average molecular weight is 380 g/mol. The number of halogens is 1. The summed E-state index contributed by atoms with van der Waals surface area (Å²) < 4.78 is 40.5. The predicted molar refractivity (Wildman–Crippen MR) is 103 cm³/mol. The van der Waals surface area contributed by atoms with E-state index >= 15 is 0 Å². The van der Waals surface area contributed by atoms with Crippen LogP contribution in [-0.2, 0) is 10.0 Å². The van der Waals surface area contributed by atoms with Crippen LogP contribution in [0.15, 0.2) is 34.8 Å². The van der Waals surface area contributed by atoms with Crippen LogP contribution < -0.4 is 4.72 Å². The molecule has 2 aliphatic heterocycles. The summed E-state index contributed by atoms with van der Waals surface area (Å²) in [4.78, 5) is 7.13. The fourth-order valence-electron chi connectivity index (χ4n) is 3.64. The summed E-state index contributed by atoms with van der Waals surface area (Å²) in [5.41, 5.74) is 1.06. The van der Waals surface area contributed by atoms with E-state index in [1.807, 2.05) is 0 Å². The predicted octanol–water partition coefficient (Wildman–Crippen LogP) is 3.15. The minimum Gasteiger partial charge on any atom is -0.301 e. The van der Waals surface area contributed by atoms with Crippen molar-refractivity contribution in [1.29, 1.82) is 0 Å². The molecule has 0 saturated carbocycles. The highest BCUT2D eigenvalue weighted by atomic mass is 32.2. The molecule has 0 aromatic heterocycles. The zero-order chi connectivity index (χ0) is 18.7. The first-order valence-corrected chi connectivity index (χ1v) is 10.7. The Bertz CT molecular complexity index is 816. The van der Waals surface area contributed by atoms with Crippen molar-refractivity contribution in [3.05, 3.63) is 41.2 Å². The van der Waals surface area contributed by atoms with E-state index in [-0.39, 0.29) is 4.91 Å². The largest absolute Gasteiger partial charge is 0.301 e. The van der Waals surface area contributed by atoms with Gasteiger partial charge in [-0.15, -0.1) is 0 Å². The van der Waals surface area contributed by atoms with Gasteiger partial charge in [0.2, 0.25) is 0 Å². The van der Waals surface area contributed by atoms with Crippen LogP contribution in [0.5, 0.6) is 0 Å². The number of likely N-dealkylation sites (tertiary alicyclic amines) is 1. The van der Waals surface area contributed by atoms with Gasteiger partial charge < -0.3 is 4.90 Å². The number of amidine groups is 1. The molecular formula is C19H26FN3O2S. The molecule has 1 unspecified atom stereocenters. The van der Waals surface area contributed by atoms with E-state index in [9.17, 15) is 12.8 Å². The standard InChI is InChI=1S/C19H26FN3O2S/c1-14-6-3-4-12-23(14)13-5-11-21-19-15(2)18(26(24,25)22-19)16-7-9-17(20)10-8-16/h7-10,14H,3-6,11-13H2,1-2H3,(H,21,22). The molecule has 1 saturated heterocycles. The van der Waals surface area contributed by atoms with Crippen molar-refractivity contribution in [2.24, 2.45) is 4.99 Å². The van der Waals surface area contributed by atoms with Crippen molar-refractivity contribution in [2.45, 2.75) is 45.6 Å². The maximum Gasteiger partial charge on any atom is 0.264 e. The molecule has 0 bridgehead atoms. The van der Waals surface area contributed by atoms with Gasteiger partial charge in [-0.2, -0.15) is 0 Å². The fraction of sp³-hybridized carbons (Fsp3) is 0.526. The Hall–Kier alpha value is -1.73. The first-order chi connectivity index (χ1) is 12.4. The van der Waals surface area contributed by atoms with Crippen LogP contribution in [0.3, 0.4) is 0 Å². The molecule has 1 aromatic carbocycles. The number of aliphatic imine (C=N–C) groups is 1. The first kappa shape index (κ1) is 19.0. The van der Waals surface area contributed by atoms with E-state index in [0.717, 1.165) is 19.5 Å². The lowest BCUT2D eigenvalue weighted by Crippen LogP contribution is -2.38. The van der Waals surface area contributed by atoms with Crippen molar-refractivity contribution in [3.63, 3.8) is 0 Å². The van der Waals surface area contributed by atoms with Gasteiger partial charge in [-0.1, -0.05) is 18.6 Å². The number of rotatable bonds is 5. The second-order valence-corrected chi connectivity index (χ2v) is 8.65. The summed E-state index contributed by atoms with van der Waals surface area (Å²) in [5.74, 6) is 0.00667. The number of sulfonamides is 1. The van der Waals surface area contributed by atoms with Gasteiger partial charge in [0.05, 0.1) is 0 Å². The highest BCUT2D eigenvalue weighted by Crippen LogP contribution is 2.29. The fourth-order valence-corrected chi connectivity index (χ4v) is 5.16. The Morgan fingerprint density at radius 1 is 1.27 bits per heavy atom. The third kappa shape index (κ3) is 4.15. The van der Waals surface area contributed by atoms with E-state index < -0.39 is 15.8 Å². The summed E-state index contributed by atoms with van der Waals surface area (Å²) in [5, 5.41) is 0. The Labute approximate surface area is 155 Å². The van der Waals surface area contributed by atoms with Gasteiger partial charge in [0.1, 0.15) is 16.6 Å². The van der Waals surface area contributed by atoms with E-state index in [2.05, 4.69) is 21.5 Å². The third-order valence-electron chi connectivity index (χ3n) is 5.12. The van der Waals surface area contributed by atoms with E-state index in [1.54, 1.807) is 6.92 Å². The molecule has 7 heteroatoms. The first-order valence-electron chi connectivity index (χ1n) is 9.17. The lowest BCUT2D eigenvalue weighted by molar-refractivity contribution is 0.160. The van der Waals surface area contributed by atoms with Crippen LogP contribution >= 0.6 is 0 Å². The summed E-state index contributed by atoms with van der Waals surface area (Å²) in [6.07, 6.45) is 4.70. The van der Waals surface area contributed by atoms with Crippen molar-refractivity contribution in [1.82, 2.24) is 9.62 Å². The molecule has 1 aromatic rings. The van der Waals surface area contributed by atoms with Gasteiger partial charge in [-0.25, -0.2) is 12.8 Å². The van der Waals surface area contributed by atoms with Gasteiger partial charge in [0.25, 0.3) is 10.0 Å². The minimum absolute atomic E-state index is 0.181. The number of benzene rings is 1. The molecule has 2 heterocycles. The summed E-state index contributed by atoms with van der Waals surface area (Å²) in [6, 6.07) is 6.11. The highest BCUT2D eigenvalue weighted by Gasteiger charge is 2.32. The van der Waals surface area contributed by atoms with Crippen molar-refractivity contribution in [2.75, 3.05) is 19.6 Å². The molecule has 2 aliphatic rings. The van der Waals surface area contributed by atoms with Crippen LogP contribution in [0.2, 0.25) is 0 Å². The van der Waals surface area contributed by atoms with E-state index in [0.29, 0.717) is 29.6 Å². The van der Waals surface area contributed by atoms with Crippen molar-refractivity contribution < 1.29 is 12.8 Å². The monoisotopic (exact) mass is 379 g/mol. The van der Waals surface area contributed by atoms with Crippen LogP contribution in [-0.4, -0.2) is 44.8 Å². The molecule has 0 amide bonds. The molecular weight excluding hydrogens is 353 g/mol. The second-order valence-electron chi connectivity index (χ2n) is 7.03. The molecule has 5 nitrogen and oxygen atoms in total. The van der Waals surface area contributed by atoms with Gasteiger partial charge in [0.15, 0.2) is 0 Å². The Morgan fingerprint density at radius 3 is 2.69 bits per heavy atom. The second kappa shape index (κ2) is 7.88. The summed E-state index contributed by atoms with van der Waals surface area (Å²) >= 11 is 0. The topological polar surface area (TPSA) is 61.8 Å². The summed E-state index contributed by atoms with van der Waals surface area (Å²) in [6.45, 7) is 6.70. The summed E-state index contributed by atoms with van der Waals surface area (Å²) in [7, 11) is -3.65. The normalized spacial score (nSPS) is 24.9. The Balaban J connectivity index is 1.68. The molecule has 0 radical (unpaired) electrons. The van der Waals surface area contributed by atoms with Gasteiger partial charge >= 0.3 is 0 Å². The van der Waals surface area contributed by atoms with Crippen molar-refractivity contribution >= 4 is 20.8 Å². The minimum atomic E-state index is -3.65. The third-order valence-corrected chi connectivity index (χ3v) is 6.66.